The lowest BCUT2D eigenvalue weighted by Gasteiger charge is -2.07. The minimum absolute atomic E-state index is 0.00669. The molecule has 0 saturated heterocycles. The average Bonchev–Trinajstić information content (AvgIpc) is 2.14. The van der Waals surface area contributed by atoms with Gasteiger partial charge in [0.1, 0.15) is 5.70 Å². The number of rotatable bonds is 8. The van der Waals surface area contributed by atoms with Crippen molar-refractivity contribution in [3.05, 3.63) is 11.8 Å². The van der Waals surface area contributed by atoms with Crippen LogP contribution >= 0.6 is 7.37 Å². The van der Waals surface area contributed by atoms with Crippen LogP contribution in [0.5, 0.6) is 0 Å². The second kappa shape index (κ2) is 7.47. The number of hydrogen-bond donors (Lipinski definition) is 3. The summed E-state index contributed by atoms with van der Waals surface area (Å²) in [7, 11) is -3.18. The van der Waals surface area contributed by atoms with Gasteiger partial charge in [-0.2, -0.15) is 0 Å². The number of aliphatic carboxylic acids is 1. The maximum Gasteiger partial charge on any atom is 0.351 e. The Morgan fingerprint density at radius 2 is 2.06 bits per heavy atom. The Bertz CT molecular complexity index is 295. The molecule has 94 valence electrons. The minimum atomic E-state index is -3.18. The molecule has 5 nitrogen and oxygen atoms in total. The van der Waals surface area contributed by atoms with Gasteiger partial charge in [0.15, 0.2) is 0 Å². The van der Waals surface area contributed by atoms with Crippen molar-refractivity contribution in [2.45, 2.75) is 26.2 Å². The smallest absolute Gasteiger partial charge is 0.351 e. The summed E-state index contributed by atoms with van der Waals surface area (Å²) in [4.78, 5) is 19.8. The predicted octanol–water partition coefficient (Wildman–Crippen LogP) is 1.63. The van der Waals surface area contributed by atoms with Gasteiger partial charge < -0.3 is 15.3 Å². The quantitative estimate of drug-likeness (QED) is 0.346. The summed E-state index contributed by atoms with van der Waals surface area (Å²) in [5.41, 5.74) is 0.00669. The molecule has 0 radical (unpaired) electrons. The van der Waals surface area contributed by atoms with Crippen molar-refractivity contribution in [2.24, 2.45) is 0 Å². The highest BCUT2D eigenvalue weighted by Gasteiger charge is 2.11. The van der Waals surface area contributed by atoms with E-state index in [1.165, 1.54) is 12.7 Å². The van der Waals surface area contributed by atoms with Crippen LogP contribution in [0, 0.1) is 0 Å². The van der Waals surface area contributed by atoms with Crippen LogP contribution in [0.15, 0.2) is 11.8 Å². The van der Waals surface area contributed by atoms with Crippen LogP contribution in [0.1, 0.15) is 26.2 Å². The summed E-state index contributed by atoms with van der Waals surface area (Å²) < 4.78 is 11.0. The standard InChI is InChI=1S/C10H20NO4P/c1-3-4-5-7-11-9(10(12)13)6-8-16(2,14)15/h6,11H,3-5,7-8H2,1-2H3,(H,12,13)(H,14,15)/b9-6-. The zero-order valence-electron chi connectivity index (χ0n) is 9.77. The second-order valence-corrected chi connectivity index (χ2v) is 6.26. The number of nitrogens with one attached hydrogen (secondary N) is 1. The monoisotopic (exact) mass is 249 g/mol. The Labute approximate surface area is 96.0 Å². The van der Waals surface area contributed by atoms with Crippen molar-refractivity contribution in [3.63, 3.8) is 0 Å². The van der Waals surface area contributed by atoms with E-state index in [9.17, 15) is 9.36 Å². The van der Waals surface area contributed by atoms with Gasteiger partial charge in [-0.05, 0) is 12.5 Å². The first kappa shape index (κ1) is 15.2. The fourth-order valence-corrected chi connectivity index (χ4v) is 1.62. The molecule has 0 fully saturated rings. The van der Waals surface area contributed by atoms with E-state index in [0.29, 0.717) is 6.54 Å². The van der Waals surface area contributed by atoms with Gasteiger partial charge in [-0.1, -0.05) is 19.8 Å². The van der Waals surface area contributed by atoms with Gasteiger partial charge in [-0.15, -0.1) is 0 Å². The normalized spacial score (nSPS) is 15.6. The molecule has 0 aromatic carbocycles. The van der Waals surface area contributed by atoms with Gasteiger partial charge in [0.25, 0.3) is 0 Å². The van der Waals surface area contributed by atoms with Crippen molar-refractivity contribution in [1.29, 1.82) is 0 Å². The van der Waals surface area contributed by atoms with Gasteiger partial charge >= 0.3 is 5.97 Å². The van der Waals surface area contributed by atoms with E-state index in [-0.39, 0.29) is 11.9 Å². The molecular weight excluding hydrogens is 229 g/mol. The highest BCUT2D eigenvalue weighted by Crippen LogP contribution is 2.34. The molecule has 0 saturated carbocycles. The van der Waals surface area contributed by atoms with Crippen LogP contribution < -0.4 is 5.32 Å². The van der Waals surface area contributed by atoms with E-state index in [1.807, 2.05) is 0 Å². The molecular formula is C10H20NO4P. The molecule has 0 heterocycles. The summed E-state index contributed by atoms with van der Waals surface area (Å²) in [6.45, 7) is 3.85. The van der Waals surface area contributed by atoms with Crippen molar-refractivity contribution in [2.75, 3.05) is 19.4 Å². The topological polar surface area (TPSA) is 86.6 Å². The molecule has 0 spiro atoms. The van der Waals surface area contributed by atoms with Crippen molar-refractivity contribution >= 4 is 13.3 Å². The fraction of sp³-hybridized carbons (Fsp3) is 0.700. The van der Waals surface area contributed by atoms with Crippen molar-refractivity contribution in [3.8, 4) is 0 Å². The summed E-state index contributed by atoms with van der Waals surface area (Å²) >= 11 is 0. The van der Waals surface area contributed by atoms with Gasteiger partial charge in [-0.3, -0.25) is 4.57 Å². The van der Waals surface area contributed by atoms with Gasteiger partial charge in [-0.25, -0.2) is 4.79 Å². The number of hydrogen-bond acceptors (Lipinski definition) is 3. The first-order valence-corrected chi connectivity index (χ1v) is 7.62. The first-order valence-electron chi connectivity index (χ1n) is 5.33. The molecule has 16 heavy (non-hydrogen) atoms. The Balaban J connectivity index is 4.17. The minimum Gasteiger partial charge on any atom is -0.477 e. The number of unbranched alkanes of at least 4 members (excludes halogenated alkanes) is 2. The molecule has 0 aromatic heterocycles. The Morgan fingerprint density at radius 1 is 1.44 bits per heavy atom. The summed E-state index contributed by atoms with van der Waals surface area (Å²) in [5, 5.41) is 11.6. The Kier molecular flexibility index (Phi) is 7.10. The number of carbonyl (C=O) groups is 1. The van der Waals surface area contributed by atoms with Crippen LogP contribution in [0.2, 0.25) is 0 Å². The second-order valence-electron chi connectivity index (χ2n) is 3.79. The maximum absolute atomic E-state index is 11.0. The third-order valence-corrected chi connectivity index (χ3v) is 2.82. The van der Waals surface area contributed by atoms with Crippen LogP contribution in [0.3, 0.4) is 0 Å². The number of carboxylic acids is 1. The largest absolute Gasteiger partial charge is 0.477 e. The van der Waals surface area contributed by atoms with E-state index < -0.39 is 13.3 Å². The van der Waals surface area contributed by atoms with E-state index in [1.54, 1.807) is 0 Å². The lowest BCUT2D eigenvalue weighted by molar-refractivity contribution is -0.133. The highest BCUT2D eigenvalue weighted by atomic mass is 31.2. The first-order chi connectivity index (χ1) is 7.37. The van der Waals surface area contributed by atoms with Gasteiger partial charge in [0, 0.05) is 19.4 Å². The molecule has 0 rings (SSSR count). The molecule has 0 bridgehead atoms. The molecule has 0 aromatic rings. The van der Waals surface area contributed by atoms with Crippen LogP contribution in [0.25, 0.3) is 0 Å². The van der Waals surface area contributed by atoms with E-state index >= 15 is 0 Å². The molecule has 3 N–H and O–H groups in total. The number of allylic oxidation sites excluding steroid dienone is 1. The molecule has 1 unspecified atom stereocenters. The molecule has 6 heteroatoms. The molecule has 0 aliphatic carbocycles. The van der Waals surface area contributed by atoms with Crippen LogP contribution in [0.4, 0.5) is 0 Å². The van der Waals surface area contributed by atoms with Gasteiger partial charge in [0.05, 0.1) is 0 Å². The molecule has 0 amide bonds. The average molecular weight is 249 g/mol. The maximum atomic E-state index is 11.0. The number of carboxylic acid groups (broad SMARTS) is 1. The highest BCUT2D eigenvalue weighted by molar-refractivity contribution is 7.57. The van der Waals surface area contributed by atoms with Crippen molar-refractivity contribution in [1.82, 2.24) is 5.32 Å². The van der Waals surface area contributed by atoms with E-state index in [4.69, 9.17) is 10.00 Å². The van der Waals surface area contributed by atoms with Crippen LogP contribution in [-0.4, -0.2) is 35.3 Å². The SMILES string of the molecule is CCCCCN/C(=C\CP(C)(=O)O)C(=O)O. The summed E-state index contributed by atoms with van der Waals surface area (Å²) in [6, 6.07) is 0. The zero-order chi connectivity index (χ0) is 12.6. The molecule has 0 aliphatic rings. The lowest BCUT2D eigenvalue weighted by atomic mass is 10.2. The third kappa shape index (κ3) is 8.50. The summed E-state index contributed by atoms with van der Waals surface area (Å²) in [5.74, 6) is -1.09. The lowest BCUT2D eigenvalue weighted by Crippen LogP contribution is -2.21. The Hall–Kier alpha value is -0.800. The van der Waals surface area contributed by atoms with Gasteiger partial charge in [0.2, 0.25) is 7.37 Å². The molecule has 1 atom stereocenters. The fourth-order valence-electron chi connectivity index (χ4n) is 1.09. The van der Waals surface area contributed by atoms with Crippen molar-refractivity contribution < 1.29 is 19.4 Å². The summed E-state index contributed by atoms with van der Waals surface area (Å²) in [6.07, 6.45) is 4.15. The van der Waals surface area contributed by atoms with Crippen LogP contribution in [-0.2, 0) is 9.36 Å². The van der Waals surface area contributed by atoms with E-state index in [0.717, 1.165) is 19.3 Å². The molecule has 0 aliphatic heterocycles. The van der Waals surface area contributed by atoms with E-state index in [2.05, 4.69) is 12.2 Å². The zero-order valence-corrected chi connectivity index (χ0v) is 10.7. The third-order valence-electron chi connectivity index (χ3n) is 1.96. The Morgan fingerprint density at radius 3 is 2.50 bits per heavy atom. The predicted molar refractivity (Wildman–Crippen MR) is 63.9 cm³/mol.